The molecule has 0 bridgehead atoms. The lowest BCUT2D eigenvalue weighted by Gasteiger charge is -2.20. The molecular formula is C24H23NO4. The van der Waals surface area contributed by atoms with Gasteiger partial charge in [-0.25, -0.2) is 4.79 Å². The number of aryl methyl sites for hydroxylation is 1. The Morgan fingerprint density at radius 3 is 2.07 bits per heavy atom. The Morgan fingerprint density at radius 2 is 1.48 bits per heavy atom. The van der Waals surface area contributed by atoms with E-state index >= 15 is 0 Å². The summed E-state index contributed by atoms with van der Waals surface area (Å²) in [7, 11) is 0. The van der Waals surface area contributed by atoms with E-state index in [1.54, 1.807) is 18.2 Å². The highest BCUT2D eigenvalue weighted by Crippen LogP contribution is 2.22. The van der Waals surface area contributed by atoms with E-state index < -0.39 is 5.97 Å². The fourth-order valence-corrected chi connectivity index (χ4v) is 3.08. The van der Waals surface area contributed by atoms with Crippen LogP contribution < -0.4 is 10.1 Å². The third-order valence-electron chi connectivity index (χ3n) is 4.47. The quantitative estimate of drug-likeness (QED) is 0.580. The van der Waals surface area contributed by atoms with Crippen LogP contribution in [0.25, 0.3) is 0 Å². The highest BCUT2D eigenvalue weighted by Gasteiger charge is 2.16. The number of carbonyl (C=O) groups is 2. The maximum atomic E-state index is 12.7. The van der Waals surface area contributed by atoms with Crippen molar-refractivity contribution in [3.63, 3.8) is 0 Å². The van der Waals surface area contributed by atoms with Crippen LogP contribution in [0.3, 0.4) is 0 Å². The molecule has 0 heterocycles. The molecule has 0 saturated heterocycles. The first-order valence-electron chi connectivity index (χ1n) is 9.44. The summed E-state index contributed by atoms with van der Waals surface area (Å²) in [5.74, 6) is -0.598. The molecule has 0 aliphatic heterocycles. The zero-order valence-corrected chi connectivity index (χ0v) is 16.0. The first-order chi connectivity index (χ1) is 14.1. The molecular weight excluding hydrogens is 366 g/mol. The third kappa shape index (κ3) is 6.21. The number of carboxylic acid groups (broad SMARTS) is 1. The van der Waals surface area contributed by atoms with E-state index in [4.69, 9.17) is 9.84 Å². The summed E-state index contributed by atoms with van der Waals surface area (Å²) in [5, 5.41) is 11.8. The maximum absolute atomic E-state index is 12.7. The maximum Gasteiger partial charge on any atom is 0.341 e. The van der Waals surface area contributed by atoms with Crippen LogP contribution in [0.2, 0.25) is 0 Å². The first-order valence-corrected chi connectivity index (χ1v) is 9.44. The zero-order valence-electron chi connectivity index (χ0n) is 16.0. The summed E-state index contributed by atoms with van der Waals surface area (Å²) in [6.45, 7) is -0.389. The molecule has 0 atom stereocenters. The van der Waals surface area contributed by atoms with Gasteiger partial charge in [-0.2, -0.15) is 0 Å². The van der Waals surface area contributed by atoms with Crippen LogP contribution in [0.4, 0.5) is 0 Å². The Bertz CT molecular complexity index is 902. The van der Waals surface area contributed by atoms with Gasteiger partial charge in [0.15, 0.2) is 6.61 Å². The predicted octanol–water partition coefficient (Wildman–Crippen LogP) is 3.99. The van der Waals surface area contributed by atoms with Crippen LogP contribution in [0.15, 0.2) is 84.9 Å². The van der Waals surface area contributed by atoms with Crippen LogP contribution in [0, 0.1) is 0 Å². The molecule has 148 valence electrons. The Hall–Kier alpha value is -3.60. The van der Waals surface area contributed by atoms with Gasteiger partial charge in [0.05, 0.1) is 6.04 Å². The molecule has 3 aromatic carbocycles. The predicted molar refractivity (Wildman–Crippen MR) is 111 cm³/mol. The average Bonchev–Trinajstić information content (AvgIpc) is 2.76. The Kier molecular flexibility index (Phi) is 7.00. The molecule has 0 radical (unpaired) electrons. The second-order valence-corrected chi connectivity index (χ2v) is 6.65. The van der Waals surface area contributed by atoms with Gasteiger partial charge in [-0.15, -0.1) is 0 Å². The molecule has 29 heavy (non-hydrogen) atoms. The van der Waals surface area contributed by atoms with Crippen LogP contribution in [0.5, 0.6) is 5.75 Å². The first kappa shape index (κ1) is 20.1. The van der Waals surface area contributed by atoms with Crippen molar-refractivity contribution < 1.29 is 19.4 Å². The standard InChI is InChI=1S/C24H23NO4/c26-22(15-14-18-8-7-13-21(16-18)29-17-23(27)28)25-24(19-9-3-1-4-10-19)20-11-5-2-6-12-20/h1-13,16,24H,14-15,17H2,(H,25,26)(H,27,28). The van der Waals surface area contributed by atoms with Crippen molar-refractivity contribution >= 4 is 11.9 Å². The number of carboxylic acids is 1. The summed E-state index contributed by atoms with van der Waals surface area (Å²) in [6.07, 6.45) is 0.852. The van der Waals surface area contributed by atoms with Gasteiger partial charge < -0.3 is 15.2 Å². The smallest absolute Gasteiger partial charge is 0.341 e. The van der Waals surface area contributed by atoms with Crippen LogP contribution in [0.1, 0.15) is 29.2 Å². The van der Waals surface area contributed by atoms with Crippen molar-refractivity contribution in [2.24, 2.45) is 0 Å². The molecule has 0 aliphatic carbocycles. The lowest BCUT2D eigenvalue weighted by Crippen LogP contribution is -2.29. The number of nitrogens with one attached hydrogen (secondary N) is 1. The summed E-state index contributed by atoms with van der Waals surface area (Å²) >= 11 is 0. The van der Waals surface area contributed by atoms with Crippen LogP contribution >= 0.6 is 0 Å². The molecule has 0 spiro atoms. The van der Waals surface area contributed by atoms with Crippen molar-refractivity contribution in [1.82, 2.24) is 5.32 Å². The summed E-state index contributed by atoms with van der Waals surface area (Å²) < 4.78 is 5.20. The van der Waals surface area contributed by atoms with Gasteiger partial charge in [-0.1, -0.05) is 72.8 Å². The summed E-state index contributed by atoms with van der Waals surface area (Å²) in [4.78, 5) is 23.3. The Labute approximate surface area is 170 Å². The summed E-state index contributed by atoms with van der Waals surface area (Å²) in [6, 6.07) is 26.7. The van der Waals surface area contributed by atoms with Gasteiger partial charge in [0.25, 0.3) is 0 Å². The van der Waals surface area contributed by atoms with E-state index in [0.29, 0.717) is 18.6 Å². The van der Waals surface area contributed by atoms with E-state index in [-0.39, 0.29) is 18.6 Å². The number of amides is 1. The molecule has 0 aromatic heterocycles. The van der Waals surface area contributed by atoms with Crippen molar-refractivity contribution in [3.8, 4) is 5.75 Å². The average molecular weight is 389 g/mol. The fraction of sp³-hybridized carbons (Fsp3) is 0.167. The van der Waals surface area contributed by atoms with E-state index in [2.05, 4.69) is 5.32 Å². The van der Waals surface area contributed by atoms with Crippen molar-refractivity contribution in [2.45, 2.75) is 18.9 Å². The lowest BCUT2D eigenvalue weighted by atomic mass is 9.98. The lowest BCUT2D eigenvalue weighted by molar-refractivity contribution is -0.139. The SMILES string of the molecule is O=C(O)COc1cccc(CCC(=O)NC(c2ccccc2)c2ccccc2)c1. The van der Waals surface area contributed by atoms with Gasteiger partial charge in [0.1, 0.15) is 5.75 Å². The van der Waals surface area contributed by atoms with E-state index in [9.17, 15) is 9.59 Å². The molecule has 0 aliphatic rings. The van der Waals surface area contributed by atoms with E-state index in [0.717, 1.165) is 16.7 Å². The zero-order chi connectivity index (χ0) is 20.5. The number of hydrogen-bond donors (Lipinski definition) is 2. The molecule has 0 fully saturated rings. The fourth-order valence-electron chi connectivity index (χ4n) is 3.08. The summed E-state index contributed by atoms with van der Waals surface area (Å²) in [5.41, 5.74) is 2.96. The normalized spacial score (nSPS) is 10.5. The molecule has 3 aromatic rings. The number of rotatable bonds is 9. The molecule has 5 nitrogen and oxygen atoms in total. The third-order valence-corrected chi connectivity index (χ3v) is 4.47. The number of ether oxygens (including phenoxy) is 1. The minimum absolute atomic E-state index is 0.0560. The van der Waals surface area contributed by atoms with Crippen LogP contribution in [-0.2, 0) is 16.0 Å². The monoisotopic (exact) mass is 389 g/mol. The van der Waals surface area contributed by atoms with E-state index in [1.165, 1.54) is 0 Å². The number of carbonyl (C=O) groups excluding carboxylic acids is 1. The minimum atomic E-state index is -1.03. The van der Waals surface area contributed by atoms with E-state index in [1.807, 2.05) is 66.7 Å². The number of benzene rings is 3. The second-order valence-electron chi connectivity index (χ2n) is 6.65. The molecule has 3 rings (SSSR count). The molecule has 0 unspecified atom stereocenters. The molecule has 1 amide bonds. The minimum Gasteiger partial charge on any atom is -0.482 e. The number of hydrogen-bond acceptors (Lipinski definition) is 3. The van der Waals surface area contributed by atoms with Crippen molar-refractivity contribution in [2.75, 3.05) is 6.61 Å². The van der Waals surface area contributed by atoms with Gasteiger partial charge in [-0.05, 0) is 35.2 Å². The largest absolute Gasteiger partial charge is 0.482 e. The van der Waals surface area contributed by atoms with Crippen LogP contribution in [-0.4, -0.2) is 23.6 Å². The molecule has 0 saturated carbocycles. The van der Waals surface area contributed by atoms with Crippen molar-refractivity contribution in [1.29, 1.82) is 0 Å². The molecule has 2 N–H and O–H groups in total. The highest BCUT2D eigenvalue weighted by atomic mass is 16.5. The number of aliphatic carboxylic acids is 1. The van der Waals surface area contributed by atoms with Gasteiger partial charge >= 0.3 is 5.97 Å². The van der Waals surface area contributed by atoms with Gasteiger partial charge in [0, 0.05) is 6.42 Å². The van der Waals surface area contributed by atoms with Gasteiger partial charge in [-0.3, -0.25) is 4.79 Å². The Morgan fingerprint density at radius 1 is 0.862 bits per heavy atom. The second kappa shape index (κ2) is 10.1. The molecule has 5 heteroatoms. The topological polar surface area (TPSA) is 75.6 Å². The highest BCUT2D eigenvalue weighted by molar-refractivity contribution is 5.77. The van der Waals surface area contributed by atoms with Gasteiger partial charge in [0.2, 0.25) is 5.91 Å². The Balaban J connectivity index is 1.64. The van der Waals surface area contributed by atoms with Crippen molar-refractivity contribution in [3.05, 3.63) is 102 Å².